The summed E-state index contributed by atoms with van der Waals surface area (Å²) >= 11 is 0. The maximum Gasteiger partial charge on any atom is 0.250 e. The number of aromatic amines is 1. The highest BCUT2D eigenvalue weighted by Crippen LogP contribution is 2.25. The van der Waals surface area contributed by atoms with E-state index in [1.807, 2.05) is 18.2 Å². The van der Waals surface area contributed by atoms with Gasteiger partial charge in [0.05, 0.1) is 19.9 Å². The molecule has 2 N–H and O–H groups in total. The summed E-state index contributed by atoms with van der Waals surface area (Å²) in [5.74, 6) is 1.18. The van der Waals surface area contributed by atoms with Gasteiger partial charge in [0, 0.05) is 23.3 Å². The van der Waals surface area contributed by atoms with E-state index < -0.39 is 0 Å². The minimum Gasteiger partial charge on any atom is -0.479 e. The second-order valence-corrected chi connectivity index (χ2v) is 4.22. The van der Waals surface area contributed by atoms with Crippen LogP contribution >= 0.6 is 0 Å². The molecule has 0 aliphatic heterocycles. The zero-order valence-corrected chi connectivity index (χ0v) is 10.8. The van der Waals surface area contributed by atoms with Crippen molar-refractivity contribution < 1.29 is 9.15 Å². The third-order valence-electron chi connectivity index (χ3n) is 2.96. The molecule has 0 amide bonds. The smallest absolute Gasteiger partial charge is 0.250 e. The summed E-state index contributed by atoms with van der Waals surface area (Å²) in [4.78, 5) is 18.5. The Morgan fingerprint density at radius 1 is 1.45 bits per heavy atom. The molecule has 6 heteroatoms. The first-order valence-electron chi connectivity index (χ1n) is 6.10. The van der Waals surface area contributed by atoms with E-state index in [1.165, 1.54) is 13.2 Å². The summed E-state index contributed by atoms with van der Waals surface area (Å²) in [5.41, 5.74) is 1.07. The second-order valence-electron chi connectivity index (χ2n) is 4.22. The number of furan rings is 1. The summed E-state index contributed by atoms with van der Waals surface area (Å²) in [7, 11) is 1.52. The van der Waals surface area contributed by atoms with Crippen LogP contribution < -0.4 is 15.6 Å². The number of methoxy groups -OCH3 is 1. The molecule has 0 atom stereocenters. The first-order valence-corrected chi connectivity index (χ1v) is 6.10. The monoisotopic (exact) mass is 271 g/mol. The summed E-state index contributed by atoms with van der Waals surface area (Å²) < 4.78 is 10.4. The normalized spacial score (nSPS) is 10.7. The largest absolute Gasteiger partial charge is 0.479 e. The standard InChI is InChI=1S/C14H13N3O3/c1-19-14-13-10(4-5-15-14)11(7-12(18)17-13)16-8-9-3-2-6-20-9/h2-7H,8H2,1H3,(H2,16,17,18). The molecule has 0 aliphatic carbocycles. The van der Waals surface area contributed by atoms with Crippen molar-refractivity contribution in [1.82, 2.24) is 9.97 Å². The zero-order valence-electron chi connectivity index (χ0n) is 10.8. The number of H-pyrrole nitrogens is 1. The molecule has 0 saturated heterocycles. The van der Waals surface area contributed by atoms with Crippen molar-refractivity contribution in [3.05, 3.63) is 52.8 Å². The van der Waals surface area contributed by atoms with Crippen LogP contribution in [0.15, 0.2) is 45.9 Å². The molecular weight excluding hydrogens is 258 g/mol. The van der Waals surface area contributed by atoms with Crippen LogP contribution in [0.3, 0.4) is 0 Å². The number of nitrogens with zero attached hydrogens (tertiary/aromatic N) is 1. The Balaban J connectivity index is 2.03. The Morgan fingerprint density at radius 2 is 2.35 bits per heavy atom. The topological polar surface area (TPSA) is 80.2 Å². The number of aromatic nitrogens is 2. The molecule has 102 valence electrons. The summed E-state index contributed by atoms with van der Waals surface area (Å²) in [5, 5.41) is 4.02. The average Bonchev–Trinajstić information content (AvgIpc) is 2.97. The molecule has 3 aromatic rings. The Bertz CT molecular complexity index is 778. The van der Waals surface area contributed by atoms with Crippen molar-refractivity contribution in [2.75, 3.05) is 12.4 Å². The van der Waals surface area contributed by atoms with Crippen molar-refractivity contribution in [2.45, 2.75) is 6.54 Å². The highest BCUT2D eigenvalue weighted by atomic mass is 16.5. The van der Waals surface area contributed by atoms with Gasteiger partial charge in [0.15, 0.2) is 0 Å². The molecule has 0 unspecified atom stereocenters. The van der Waals surface area contributed by atoms with E-state index in [0.29, 0.717) is 23.6 Å². The predicted octanol–water partition coefficient (Wildman–Crippen LogP) is 2.14. The van der Waals surface area contributed by atoms with Crippen LogP contribution in [0.1, 0.15) is 5.76 Å². The fraction of sp³-hybridized carbons (Fsp3) is 0.143. The molecular formula is C14H13N3O3. The third kappa shape index (κ3) is 2.23. The van der Waals surface area contributed by atoms with Crippen LogP contribution in [0.2, 0.25) is 0 Å². The molecule has 0 bridgehead atoms. The van der Waals surface area contributed by atoms with Gasteiger partial charge in [0.1, 0.15) is 11.3 Å². The summed E-state index contributed by atoms with van der Waals surface area (Å²) in [6.45, 7) is 0.496. The highest BCUT2D eigenvalue weighted by molar-refractivity contribution is 5.93. The van der Waals surface area contributed by atoms with Crippen LogP contribution in [0.25, 0.3) is 10.9 Å². The van der Waals surface area contributed by atoms with E-state index in [0.717, 1.165) is 11.1 Å². The van der Waals surface area contributed by atoms with Gasteiger partial charge in [0.25, 0.3) is 5.56 Å². The number of pyridine rings is 2. The molecule has 6 nitrogen and oxygen atoms in total. The SMILES string of the molecule is COc1nccc2c(NCc3ccco3)cc(=O)[nH]c12. The lowest BCUT2D eigenvalue weighted by molar-refractivity contribution is 0.402. The van der Waals surface area contributed by atoms with Crippen LogP contribution in [0.5, 0.6) is 5.88 Å². The van der Waals surface area contributed by atoms with Crippen molar-refractivity contribution in [2.24, 2.45) is 0 Å². The van der Waals surface area contributed by atoms with Gasteiger partial charge in [-0.1, -0.05) is 0 Å². The number of hydrogen-bond acceptors (Lipinski definition) is 5. The van der Waals surface area contributed by atoms with E-state index >= 15 is 0 Å². The van der Waals surface area contributed by atoms with Gasteiger partial charge in [0.2, 0.25) is 5.88 Å². The number of rotatable bonds is 4. The van der Waals surface area contributed by atoms with Crippen molar-refractivity contribution >= 4 is 16.6 Å². The fourth-order valence-corrected chi connectivity index (χ4v) is 2.05. The van der Waals surface area contributed by atoms with E-state index in [9.17, 15) is 4.79 Å². The minimum atomic E-state index is -0.217. The average molecular weight is 271 g/mol. The number of nitrogens with one attached hydrogen (secondary N) is 2. The zero-order chi connectivity index (χ0) is 13.9. The predicted molar refractivity (Wildman–Crippen MR) is 75.0 cm³/mol. The van der Waals surface area contributed by atoms with Gasteiger partial charge >= 0.3 is 0 Å². The summed E-state index contributed by atoms with van der Waals surface area (Å²) in [6, 6.07) is 7.01. The number of hydrogen-bond donors (Lipinski definition) is 2. The number of fused-ring (bicyclic) bond motifs is 1. The molecule has 0 aromatic carbocycles. The molecule has 0 saturated carbocycles. The van der Waals surface area contributed by atoms with Gasteiger partial charge < -0.3 is 19.5 Å². The second kappa shape index (κ2) is 5.08. The molecule has 3 rings (SSSR count). The summed E-state index contributed by atoms with van der Waals surface area (Å²) in [6.07, 6.45) is 3.25. The maximum atomic E-state index is 11.7. The molecule has 3 heterocycles. The molecule has 0 radical (unpaired) electrons. The lowest BCUT2D eigenvalue weighted by Gasteiger charge is -2.09. The fourth-order valence-electron chi connectivity index (χ4n) is 2.05. The number of anilines is 1. The Hall–Kier alpha value is -2.76. The lowest BCUT2D eigenvalue weighted by atomic mass is 10.2. The van der Waals surface area contributed by atoms with Crippen LogP contribution in [0, 0.1) is 0 Å². The Morgan fingerprint density at radius 3 is 3.10 bits per heavy atom. The maximum absolute atomic E-state index is 11.7. The van der Waals surface area contributed by atoms with E-state index in [1.54, 1.807) is 12.5 Å². The van der Waals surface area contributed by atoms with Crippen molar-refractivity contribution in [1.29, 1.82) is 0 Å². The molecule has 0 fully saturated rings. The van der Waals surface area contributed by atoms with Gasteiger partial charge in [-0.3, -0.25) is 4.79 Å². The number of ether oxygens (including phenoxy) is 1. The minimum absolute atomic E-state index is 0.217. The Kier molecular flexibility index (Phi) is 3.12. The van der Waals surface area contributed by atoms with Crippen LogP contribution in [-0.4, -0.2) is 17.1 Å². The van der Waals surface area contributed by atoms with Crippen molar-refractivity contribution in [3.63, 3.8) is 0 Å². The Labute approximate surface area is 114 Å². The molecule has 3 aromatic heterocycles. The third-order valence-corrected chi connectivity index (χ3v) is 2.96. The van der Waals surface area contributed by atoms with Crippen LogP contribution in [-0.2, 0) is 6.54 Å². The molecule has 20 heavy (non-hydrogen) atoms. The van der Waals surface area contributed by atoms with Gasteiger partial charge in [-0.05, 0) is 18.2 Å². The lowest BCUT2D eigenvalue weighted by Crippen LogP contribution is -2.09. The first kappa shape index (κ1) is 12.3. The van der Waals surface area contributed by atoms with Crippen molar-refractivity contribution in [3.8, 4) is 5.88 Å². The molecule has 0 spiro atoms. The quantitative estimate of drug-likeness (QED) is 0.760. The van der Waals surface area contributed by atoms with E-state index in [2.05, 4.69) is 15.3 Å². The highest BCUT2D eigenvalue weighted by Gasteiger charge is 2.09. The first-order chi connectivity index (χ1) is 9.78. The van der Waals surface area contributed by atoms with Gasteiger partial charge in [-0.15, -0.1) is 0 Å². The van der Waals surface area contributed by atoms with Crippen LogP contribution in [0.4, 0.5) is 5.69 Å². The van der Waals surface area contributed by atoms with Gasteiger partial charge in [-0.2, -0.15) is 0 Å². The molecule has 0 aliphatic rings. The van der Waals surface area contributed by atoms with Gasteiger partial charge in [-0.25, -0.2) is 4.98 Å². The van der Waals surface area contributed by atoms with E-state index in [-0.39, 0.29) is 5.56 Å². The van der Waals surface area contributed by atoms with E-state index in [4.69, 9.17) is 9.15 Å².